The van der Waals surface area contributed by atoms with E-state index in [1.807, 2.05) is 13.8 Å². The van der Waals surface area contributed by atoms with Crippen molar-refractivity contribution in [2.45, 2.75) is 40.5 Å². The fourth-order valence-electron chi connectivity index (χ4n) is 2.36. The molecule has 2 heterocycles. The molecule has 0 saturated carbocycles. The van der Waals surface area contributed by atoms with E-state index in [1.165, 1.54) is 11.3 Å². The fourth-order valence-corrected chi connectivity index (χ4v) is 3.36. The van der Waals surface area contributed by atoms with Crippen LogP contribution in [0.5, 0.6) is 0 Å². The quantitative estimate of drug-likeness (QED) is 0.685. The largest absolute Gasteiger partial charge is 0.462 e. The van der Waals surface area contributed by atoms with E-state index in [9.17, 15) is 14.4 Å². The summed E-state index contributed by atoms with van der Waals surface area (Å²) in [7, 11) is 0. The Kier molecular flexibility index (Phi) is 7.12. The summed E-state index contributed by atoms with van der Waals surface area (Å²) in [5, 5.41) is 6.77. The molecule has 0 radical (unpaired) electrons. The van der Waals surface area contributed by atoms with Crippen molar-refractivity contribution < 1.29 is 28.4 Å². The van der Waals surface area contributed by atoms with Crippen LogP contribution in [-0.4, -0.2) is 36.2 Å². The van der Waals surface area contributed by atoms with Crippen LogP contribution in [0, 0.1) is 6.92 Å². The van der Waals surface area contributed by atoms with Gasteiger partial charge >= 0.3 is 11.9 Å². The molecule has 2 aromatic rings. The van der Waals surface area contributed by atoms with Gasteiger partial charge in [0.25, 0.3) is 5.91 Å². The normalized spacial score (nSPS) is 10.5. The second kappa shape index (κ2) is 9.31. The van der Waals surface area contributed by atoms with E-state index in [2.05, 4.69) is 10.5 Å². The number of anilines is 1. The van der Waals surface area contributed by atoms with Crippen molar-refractivity contribution in [3.8, 4) is 0 Å². The number of aromatic nitrogens is 1. The third kappa shape index (κ3) is 4.94. The van der Waals surface area contributed by atoms with Crippen molar-refractivity contribution in [2.24, 2.45) is 0 Å². The first-order valence-corrected chi connectivity index (χ1v) is 9.44. The highest BCUT2D eigenvalue weighted by Crippen LogP contribution is 2.29. The topological polar surface area (TPSA) is 108 Å². The fraction of sp³-hybridized carbons (Fsp3) is 0.444. The summed E-state index contributed by atoms with van der Waals surface area (Å²) in [5.41, 5.74) is 1.01. The van der Waals surface area contributed by atoms with Gasteiger partial charge < -0.3 is 19.3 Å². The molecule has 0 spiro atoms. The molecule has 1 amide bonds. The van der Waals surface area contributed by atoms with Gasteiger partial charge in [-0.1, -0.05) is 19.0 Å². The number of thiophene rings is 1. The van der Waals surface area contributed by atoms with Crippen molar-refractivity contribution in [1.82, 2.24) is 5.16 Å². The summed E-state index contributed by atoms with van der Waals surface area (Å²) in [5.74, 6) is -1.39. The highest BCUT2D eigenvalue weighted by molar-refractivity contribution is 7.16. The predicted octanol–water partition coefficient (Wildman–Crippen LogP) is 3.14. The van der Waals surface area contributed by atoms with Gasteiger partial charge in [-0.05, 0) is 32.8 Å². The summed E-state index contributed by atoms with van der Waals surface area (Å²) in [4.78, 5) is 37.3. The first-order valence-electron chi connectivity index (χ1n) is 8.63. The predicted molar refractivity (Wildman–Crippen MR) is 99.2 cm³/mol. The summed E-state index contributed by atoms with van der Waals surface area (Å²) >= 11 is 1.28. The summed E-state index contributed by atoms with van der Waals surface area (Å²) in [6.07, 6.45) is 1.22. The molecule has 0 unspecified atom stereocenters. The maximum atomic E-state index is 12.2. The number of nitrogens with zero attached hydrogens (tertiary/aromatic N) is 1. The van der Waals surface area contributed by atoms with E-state index in [1.54, 1.807) is 19.9 Å². The lowest BCUT2D eigenvalue weighted by molar-refractivity contribution is -0.119. The van der Waals surface area contributed by atoms with Gasteiger partial charge in [-0.25, -0.2) is 9.59 Å². The summed E-state index contributed by atoms with van der Waals surface area (Å²) < 4.78 is 15.1. The molecular formula is C18H22N2O6S. The van der Waals surface area contributed by atoms with Gasteiger partial charge in [-0.15, -0.1) is 11.3 Å². The van der Waals surface area contributed by atoms with Crippen LogP contribution in [0.3, 0.4) is 0 Å². The minimum atomic E-state index is -0.674. The molecule has 9 heteroatoms. The van der Waals surface area contributed by atoms with Crippen LogP contribution in [0.2, 0.25) is 0 Å². The van der Waals surface area contributed by atoms with Gasteiger partial charge in [0.15, 0.2) is 6.61 Å². The molecule has 0 fully saturated rings. The van der Waals surface area contributed by atoms with Crippen LogP contribution < -0.4 is 5.32 Å². The Morgan fingerprint density at radius 1 is 1.15 bits per heavy atom. The molecule has 27 heavy (non-hydrogen) atoms. The second-order valence-corrected chi connectivity index (χ2v) is 6.70. The molecule has 1 N–H and O–H groups in total. The van der Waals surface area contributed by atoms with Crippen molar-refractivity contribution in [2.75, 3.05) is 18.5 Å². The molecule has 0 aliphatic carbocycles. The minimum Gasteiger partial charge on any atom is -0.462 e. The number of carbonyl (C=O) groups excluding carboxylic acids is 3. The van der Waals surface area contributed by atoms with Crippen LogP contribution in [0.4, 0.5) is 5.00 Å². The molecule has 2 rings (SSSR count). The standard InChI is InChI=1S/C18H22N2O6S/c1-5-11-8-12(17(22)24-7-3)16(27-11)19-14(21)9-25-18(23)15-10(4)26-20-13(15)6-2/h8H,5-7,9H2,1-4H3,(H,19,21). The second-order valence-electron chi connectivity index (χ2n) is 5.57. The zero-order valence-corrected chi connectivity index (χ0v) is 16.5. The van der Waals surface area contributed by atoms with Crippen LogP contribution >= 0.6 is 11.3 Å². The molecule has 2 aromatic heterocycles. The van der Waals surface area contributed by atoms with Gasteiger partial charge in [0, 0.05) is 4.88 Å². The first kappa shape index (κ1) is 20.6. The third-order valence-electron chi connectivity index (χ3n) is 3.69. The zero-order chi connectivity index (χ0) is 20.0. The Bertz CT molecular complexity index is 839. The number of ether oxygens (including phenoxy) is 2. The van der Waals surface area contributed by atoms with Gasteiger partial charge in [0.05, 0.1) is 17.9 Å². The number of amides is 1. The number of aryl methyl sites for hydroxylation is 3. The third-order valence-corrected chi connectivity index (χ3v) is 4.88. The SMILES string of the molecule is CCOC(=O)c1cc(CC)sc1NC(=O)COC(=O)c1c(CC)noc1C. The molecule has 0 atom stereocenters. The molecule has 8 nitrogen and oxygen atoms in total. The molecule has 0 aromatic carbocycles. The number of hydrogen-bond donors (Lipinski definition) is 1. The lowest BCUT2D eigenvalue weighted by atomic mass is 10.1. The number of esters is 2. The molecular weight excluding hydrogens is 372 g/mol. The number of carbonyl (C=O) groups is 3. The highest BCUT2D eigenvalue weighted by atomic mass is 32.1. The van der Waals surface area contributed by atoms with Crippen molar-refractivity contribution in [1.29, 1.82) is 0 Å². The van der Waals surface area contributed by atoms with E-state index >= 15 is 0 Å². The molecule has 0 aliphatic rings. The number of rotatable bonds is 8. The molecule has 146 valence electrons. The van der Waals surface area contributed by atoms with E-state index in [-0.39, 0.29) is 12.2 Å². The Morgan fingerprint density at radius 2 is 1.89 bits per heavy atom. The zero-order valence-electron chi connectivity index (χ0n) is 15.7. The maximum Gasteiger partial charge on any atom is 0.344 e. The van der Waals surface area contributed by atoms with Gasteiger partial charge in [-0.3, -0.25) is 4.79 Å². The van der Waals surface area contributed by atoms with Crippen molar-refractivity contribution in [3.63, 3.8) is 0 Å². The van der Waals surface area contributed by atoms with E-state index < -0.39 is 24.5 Å². The van der Waals surface area contributed by atoms with Crippen molar-refractivity contribution >= 4 is 34.2 Å². The first-order chi connectivity index (χ1) is 12.9. The number of hydrogen-bond acceptors (Lipinski definition) is 8. The summed E-state index contributed by atoms with van der Waals surface area (Å²) in [6.45, 7) is 6.83. The van der Waals surface area contributed by atoms with Crippen LogP contribution in [0.15, 0.2) is 10.6 Å². The molecule has 0 bridgehead atoms. The van der Waals surface area contributed by atoms with Gasteiger partial charge in [0.2, 0.25) is 0 Å². The van der Waals surface area contributed by atoms with Crippen LogP contribution in [-0.2, 0) is 27.1 Å². The smallest absolute Gasteiger partial charge is 0.344 e. The monoisotopic (exact) mass is 394 g/mol. The number of nitrogens with one attached hydrogen (secondary N) is 1. The van der Waals surface area contributed by atoms with Gasteiger partial charge in [0.1, 0.15) is 16.3 Å². The Labute approximate surface area is 160 Å². The average molecular weight is 394 g/mol. The van der Waals surface area contributed by atoms with E-state index in [0.29, 0.717) is 34.9 Å². The lowest BCUT2D eigenvalue weighted by Gasteiger charge is -2.07. The lowest BCUT2D eigenvalue weighted by Crippen LogP contribution is -2.22. The van der Waals surface area contributed by atoms with Crippen LogP contribution in [0.1, 0.15) is 57.8 Å². The Morgan fingerprint density at radius 3 is 2.52 bits per heavy atom. The molecule has 0 aliphatic heterocycles. The van der Waals surface area contributed by atoms with E-state index in [4.69, 9.17) is 14.0 Å². The Hall–Kier alpha value is -2.68. The average Bonchev–Trinajstić information content (AvgIpc) is 3.23. The van der Waals surface area contributed by atoms with Crippen molar-refractivity contribution in [3.05, 3.63) is 33.5 Å². The van der Waals surface area contributed by atoms with E-state index in [0.717, 1.165) is 4.88 Å². The Balaban J connectivity index is 2.03. The summed E-state index contributed by atoms with van der Waals surface area (Å²) in [6, 6.07) is 1.69. The highest BCUT2D eigenvalue weighted by Gasteiger charge is 2.23. The van der Waals surface area contributed by atoms with Crippen LogP contribution in [0.25, 0.3) is 0 Å². The van der Waals surface area contributed by atoms with Gasteiger partial charge in [-0.2, -0.15) is 0 Å². The molecule has 0 saturated heterocycles. The maximum absolute atomic E-state index is 12.2. The minimum absolute atomic E-state index is 0.235.